The Morgan fingerprint density at radius 3 is 2.64 bits per heavy atom. The van der Waals surface area contributed by atoms with Crippen LogP contribution in [0.1, 0.15) is 12.8 Å². The summed E-state index contributed by atoms with van der Waals surface area (Å²) < 4.78 is 11.9. The number of hydrogen-bond acceptors (Lipinski definition) is 8. The van der Waals surface area contributed by atoms with Gasteiger partial charge in [-0.05, 0) is 68.9 Å². The van der Waals surface area contributed by atoms with E-state index in [1.807, 2.05) is 42.5 Å². The Balaban J connectivity index is 1.33. The number of piperazine rings is 1. The summed E-state index contributed by atoms with van der Waals surface area (Å²) in [6.07, 6.45) is 7.32. The van der Waals surface area contributed by atoms with Crippen LogP contribution >= 0.6 is 0 Å². The molecule has 0 unspecified atom stereocenters. The standard InChI is InChI=1S/C27H30N6O3/c1-3-17-35-26-22-18-21(10-11-23(22)30-27(31-26)33-15-13-32(2)14-16-33)36-20-8-6-19(7-9-20)29-25(34)24-5-4-12-28-24/h1,6-11,18,24,28H,4-5,12-17H2,2H3,(H,29,34)/t24-/m0/s1. The van der Waals surface area contributed by atoms with Crippen molar-refractivity contribution in [1.29, 1.82) is 0 Å². The molecule has 2 fully saturated rings. The fourth-order valence-corrected chi connectivity index (χ4v) is 4.38. The average Bonchev–Trinajstić information content (AvgIpc) is 3.44. The van der Waals surface area contributed by atoms with Gasteiger partial charge in [0.1, 0.15) is 11.5 Å². The number of likely N-dealkylation sites (N-methyl/N-ethyl adjacent to an activating group) is 1. The minimum Gasteiger partial charge on any atom is -0.464 e. The van der Waals surface area contributed by atoms with Crippen molar-refractivity contribution < 1.29 is 14.3 Å². The monoisotopic (exact) mass is 486 g/mol. The predicted molar refractivity (Wildman–Crippen MR) is 140 cm³/mol. The van der Waals surface area contributed by atoms with Gasteiger partial charge in [-0.2, -0.15) is 4.98 Å². The quantitative estimate of drug-likeness (QED) is 0.493. The van der Waals surface area contributed by atoms with Crippen LogP contribution in [-0.4, -0.2) is 73.2 Å². The molecule has 36 heavy (non-hydrogen) atoms. The third-order valence-corrected chi connectivity index (χ3v) is 6.43. The number of fused-ring (bicyclic) bond motifs is 1. The molecule has 1 aromatic heterocycles. The molecule has 3 heterocycles. The maximum atomic E-state index is 12.3. The lowest BCUT2D eigenvalue weighted by Gasteiger charge is -2.32. The molecule has 9 nitrogen and oxygen atoms in total. The molecule has 3 aromatic rings. The second-order valence-electron chi connectivity index (χ2n) is 9.06. The lowest BCUT2D eigenvalue weighted by atomic mass is 10.2. The first-order valence-electron chi connectivity index (χ1n) is 12.2. The topological polar surface area (TPSA) is 91.8 Å². The van der Waals surface area contributed by atoms with Gasteiger partial charge in [0.2, 0.25) is 17.7 Å². The third kappa shape index (κ3) is 5.51. The summed E-state index contributed by atoms with van der Waals surface area (Å²) in [4.78, 5) is 26.2. The van der Waals surface area contributed by atoms with Crippen LogP contribution in [0.4, 0.5) is 11.6 Å². The molecule has 1 amide bonds. The van der Waals surface area contributed by atoms with Gasteiger partial charge in [0.15, 0.2) is 6.61 Å². The van der Waals surface area contributed by atoms with Crippen LogP contribution in [-0.2, 0) is 4.79 Å². The summed E-state index contributed by atoms with van der Waals surface area (Å²) in [7, 11) is 2.11. The normalized spacial score (nSPS) is 18.1. The van der Waals surface area contributed by atoms with E-state index in [-0.39, 0.29) is 18.6 Å². The van der Waals surface area contributed by atoms with Gasteiger partial charge in [-0.15, -0.1) is 6.42 Å². The highest BCUT2D eigenvalue weighted by Crippen LogP contribution is 2.32. The first-order chi connectivity index (χ1) is 17.6. The molecule has 0 bridgehead atoms. The molecule has 2 aliphatic rings. The first kappa shape index (κ1) is 23.9. The number of benzene rings is 2. The van der Waals surface area contributed by atoms with E-state index in [0.717, 1.165) is 62.2 Å². The van der Waals surface area contributed by atoms with Crippen LogP contribution in [0.5, 0.6) is 17.4 Å². The van der Waals surface area contributed by atoms with Crippen LogP contribution < -0.4 is 25.0 Å². The van der Waals surface area contributed by atoms with Crippen molar-refractivity contribution >= 4 is 28.4 Å². The minimum atomic E-state index is -0.122. The Morgan fingerprint density at radius 2 is 1.92 bits per heavy atom. The zero-order chi connectivity index (χ0) is 24.9. The van der Waals surface area contributed by atoms with E-state index in [4.69, 9.17) is 20.9 Å². The molecular weight excluding hydrogens is 456 g/mol. The fraction of sp³-hybridized carbons (Fsp3) is 0.370. The number of carbonyl (C=O) groups excluding carboxylic acids is 1. The summed E-state index contributed by atoms with van der Waals surface area (Å²) in [5, 5.41) is 6.88. The highest BCUT2D eigenvalue weighted by molar-refractivity contribution is 5.95. The lowest BCUT2D eigenvalue weighted by molar-refractivity contribution is -0.117. The number of carbonyl (C=O) groups is 1. The van der Waals surface area contributed by atoms with Crippen LogP contribution in [0.15, 0.2) is 42.5 Å². The molecular formula is C27H30N6O3. The Bertz CT molecular complexity index is 1260. The summed E-state index contributed by atoms with van der Waals surface area (Å²) >= 11 is 0. The number of anilines is 2. The van der Waals surface area contributed by atoms with Gasteiger partial charge in [-0.1, -0.05) is 5.92 Å². The number of ether oxygens (including phenoxy) is 2. The van der Waals surface area contributed by atoms with Gasteiger partial charge in [0.25, 0.3) is 0 Å². The molecule has 0 saturated carbocycles. The number of hydrogen-bond donors (Lipinski definition) is 2. The lowest BCUT2D eigenvalue weighted by Crippen LogP contribution is -2.45. The predicted octanol–water partition coefficient (Wildman–Crippen LogP) is 2.88. The molecule has 9 heteroatoms. The van der Waals surface area contributed by atoms with E-state index in [1.54, 1.807) is 0 Å². The van der Waals surface area contributed by atoms with E-state index < -0.39 is 0 Å². The smallest absolute Gasteiger partial charge is 0.241 e. The van der Waals surface area contributed by atoms with Gasteiger partial charge in [-0.25, -0.2) is 4.98 Å². The molecule has 1 atom stereocenters. The average molecular weight is 487 g/mol. The molecule has 0 aliphatic carbocycles. The Kier molecular flexibility index (Phi) is 7.16. The highest BCUT2D eigenvalue weighted by Gasteiger charge is 2.22. The van der Waals surface area contributed by atoms with Crippen LogP contribution in [0.2, 0.25) is 0 Å². The Hall–Kier alpha value is -3.87. The van der Waals surface area contributed by atoms with Crippen molar-refractivity contribution in [1.82, 2.24) is 20.2 Å². The number of terminal acetylenes is 1. The molecule has 2 aliphatic heterocycles. The summed E-state index contributed by atoms with van der Waals surface area (Å²) in [5.74, 6) is 4.85. The molecule has 0 spiro atoms. The van der Waals surface area contributed by atoms with E-state index in [2.05, 4.69) is 38.4 Å². The van der Waals surface area contributed by atoms with Crippen LogP contribution in [0.25, 0.3) is 10.9 Å². The van der Waals surface area contributed by atoms with Crippen molar-refractivity contribution in [3.8, 4) is 29.7 Å². The second-order valence-corrected chi connectivity index (χ2v) is 9.06. The number of nitrogens with one attached hydrogen (secondary N) is 2. The first-order valence-corrected chi connectivity index (χ1v) is 12.2. The van der Waals surface area contributed by atoms with E-state index in [9.17, 15) is 4.79 Å². The summed E-state index contributed by atoms with van der Waals surface area (Å²) in [6, 6.07) is 12.8. The maximum absolute atomic E-state index is 12.3. The highest BCUT2D eigenvalue weighted by atomic mass is 16.5. The van der Waals surface area contributed by atoms with Gasteiger partial charge in [-0.3, -0.25) is 4.79 Å². The maximum Gasteiger partial charge on any atom is 0.241 e. The minimum absolute atomic E-state index is 0.00820. The number of amides is 1. The van der Waals surface area contributed by atoms with Gasteiger partial charge >= 0.3 is 0 Å². The SMILES string of the molecule is C#CCOc1nc(N2CCN(C)CC2)nc2ccc(Oc3ccc(NC(=O)[C@@H]4CCCN4)cc3)cc12. The molecule has 5 rings (SSSR count). The van der Waals surface area contributed by atoms with Crippen molar-refractivity contribution in [2.24, 2.45) is 0 Å². The van der Waals surface area contributed by atoms with Crippen molar-refractivity contribution in [2.75, 3.05) is 56.6 Å². The largest absolute Gasteiger partial charge is 0.464 e. The number of rotatable bonds is 7. The molecule has 0 radical (unpaired) electrons. The van der Waals surface area contributed by atoms with E-state index in [1.165, 1.54) is 0 Å². The molecule has 2 aromatic carbocycles. The zero-order valence-corrected chi connectivity index (χ0v) is 20.4. The third-order valence-electron chi connectivity index (χ3n) is 6.43. The summed E-state index contributed by atoms with van der Waals surface area (Å²) in [5.41, 5.74) is 1.49. The van der Waals surface area contributed by atoms with Gasteiger partial charge < -0.3 is 29.9 Å². The van der Waals surface area contributed by atoms with Crippen molar-refractivity contribution in [2.45, 2.75) is 18.9 Å². The fourth-order valence-electron chi connectivity index (χ4n) is 4.38. The number of aromatic nitrogens is 2. The van der Waals surface area contributed by atoms with Crippen molar-refractivity contribution in [3.05, 3.63) is 42.5 Å². The zero-order valence-electron chi connectivity index (χ0n) is 20.4. The molecule has 186 valence electrons. The van der Waals surface area contributed by atoms with E-state index >= 15 is 0 Å². The van der Waals surface area contributed by atoms with Crippen LogP contribution in [0.3, 0.4) is 0 Å². The molecule has 2 N–H and O–H groups in total. The number of nitrogens with zero attached hydrogens (tertiary/aromatic N) is 4. The Morgan fingerprint density at radius 1 is 1.14 bits per heavy atom. The Labute approximate surface area is 210 Å². The van der Waals surface area contributed by atoms with Gasteiger partial charge in [0.05, 0.1) is 16.9 Å². The summed E-state index contributed by atoms with van der Waals surface area (Å²) in [6.45, 7) is 4.61. The van der Waals surface area contributed by atoms with Crippen molar-refractivity contribution in [3.63, 3.8) is 0 Å². The molecule has 2 saturated heterocycles. The van der Waals surface area contributed by atoms with E-state index in [0.29, 0.717) is 23.3 Å². The van der Waals surface area contributed by atoms with Crippen LogP contribution in [0, 0.1) is 12.3 Å². The van der Waals surface area contributed by atoms with Gasteiger partial charge in [0, 0.05) is 31.9 Å². The second kappa shape index (κ2) is 10.8.